The van der Waals surface area contributed by atoms with Crippen LogP contribution in [0.15, 0.2) is 24.3 Å². The maximum absolute atomic E-state index is 6.14. The van der Waals surface area contributed by atoms with E-state index in [9.17, 15) is 0 Å². The molecule has 16 heavy (non-hydrogen) atoms. The van der Waals surface area contributed by atoms with Gasteiger partial charge in [0.2, 0.25) is 0 Å². The number of halogens is 1. The fourth-order valence-electron chi connectivity index (χ4n) is 2.44. The molecule has 0 aliphatic carbocycles. The lowest BCUT2D eigenvalue weighted by Gasteiger charge is -2.12. The molecular formula is C13H15ClN2. The predicted molar refractivity (Wildman–Crippen MR) is 67.8 cm³/mol. The summed E-state index contributed by atoms with van der Waals surface area (Å²) in [5.74, 6) is 0. The number of aromatic nitrogens is 1. The van der Waals surface area contributed by atoms with E-state index in [1.54, 1.807) is 0 Å². The molecule has 0 saturated carbocycles. The van der Waals surface area contributed by atoms with Crippen LogP contribution in [0.25, 0.3) is 10.9 Å². The Morgan fingerprint density at radius 3 is 2.81 bits per heavy atom. The first-order valence-corrected chi connectivity index (χ1v) is 6.19. The van der Waals surface area contributed by atoms with Crippen LogP contribution in [0.4, 0.5) is 0 Å². The number of fused-ring (bicyclic) bond motifs is 1. The number of benzene rings is 1. The Balaban J connectivity index is 1.90. The Morgan fingerprint density at radius 2 is 2.06 bits per heavy atom. The van der Waals surface area contributed by atoms with E-state index in [4.69, 9.17) is 11.6 Å². The molecule has 3 rings (SSSR count). The van der Waals surface area contributed by atoms with E-state index >= 15 is 0 Å². The zero-order valence-electron chi connectivity index (χ0n) is 9.17. The average Bonchev–Trinajstić information content (AvgIpc) is 2.88. The molecule has 1 fully saturated rings. The lowest BCUT2D eigenvalue weighted by Crippen LogP contribution is -2.18. The quantitative estimate of drug-likeness (QED) is 0.844. The van der Waals surface area contributed by atoms with Gasteiger partial charge in [0.25, 0.3) is 0 Å². The van der Waals surface area contributed by atoms with Crippen molar-refractivity contribution in [3.8, 4) is 0 Å². The van der Waals surface area contributed by atoms with E-state index in [1.807, 2.05) is 12.1 Å². The number of hydrogen-bond donors (Lipinski definition) is 1. The molecule has 1 aliphatic heterocycles. The second-order valence-electron chi connectivity index (χ2n) is 4.48. The van der Waals surface area contributed by atoms with Gasteiger partial charge in [-0.05, 0) is 38.1 Å². The van der Waals surface area contributed by atoms with Gasteiger partial charge in [0.15, 0.2) is 0 Å². The van der Waals surface area contributed by atoms with Gasteiger partial charge in [0.05, 0.1) is 10.5 Å². The van der Waals surface area contributed by atoms with Crippen molar-refractivity contribution in [2.45, 2.75) is 19.4 Å². The molecule has 1 aromatic carbocycles. The first kappa shape index (κ1) is 10.2. The van der Waals surface area contributed by atoms with Crippen LogP contribution in [0.2, 0.25) is 5.02 Å². The first-order chi connectivity index (χ1) is 7.83. The zero-order chi connectivity index (χ0) is 11.0. The van der Waals surface area contributed by atoms with Crippen LogP contribution in [0.1, 0.15) is 18.5 Å². The highest BCUT2D eigenvalue weighted by atomic mass is 35.5. The van der Waals surface area contributed by atoms with Crippen LogP contribution < -0.4 is 0 Å². The maximum Gasteiger partial charge on any atom is 0.0647 e. The molecule has 0 atom stereocenters. The Kier molecular flexibility index (Phi) is 2.62. The molecule has 0 spiro atoms. The van der Waals surface area contributed by atoms with E-state index in [0.29, 0.717) is 0 Å². The molecule has 1 saturated heterocycles. The lowest BCUT2D eigenvalue weighted by molar-refractivity contribution is 0.328. The van der Waals surface area contributed by atoms with Gasteiger partial charge in [0.1, 0.15) is 0 Å². The monoisotopic (exact) mass is 234 g/mol. The Bertz CT molecular complexity index is 498. The number of aromatic amines is 1. The molecule has 0 unspecified atom stereocenters. The van der Waals surface area contributed by atoms with E-state index < -0.39 is 0 Å². The van der Waals surface area contributed by atoms with Crippen LogP contribution in [0.5, 0.6) is 0 Å². The lowest BCUT2D eigenvalue weighted by atomic mass is 10.2. The Labute approximate surface area is 100 Å². The van der Waals surface area contributed by atoms with Crippen LogP contribution in [0.3, 0.4) is 0 Å². The van der Waals surface area contributed by atoms with Crippen molar-refractivity contribution in [1.82, 2.24) is 9.88 Å². The van der Waals surface area contributed by atoms with Crippen LogP contribution in [0, 0.1) is 0 Å². The van der Waals surface area contributed by atoms with E-state index in [0.717, 1.165) is 17.1 Å². The van der Waals surface area contributed by atoms with Crippen molar-refractivity contribution in [2.75, 3.05) is 13.1 Å². The molecule has 1 aromatic heterocycles. The molecule has 2 nitrogen and oxygen atoms in total. The smallest absolute Gasteiger partial charge is 0.0647 e. The van der Waals surface area contributed by atoms with Gasteiger partial charge in [-0.15, -0.1) is 0 Å². The molecular weight excluding hydrogens is 220 g/mol. The van der Waals surface area contributed by atoms with Gasteiger partial charge >= 0.3 is 0 Å². The van der Waals surface area contributed by atoms with Gasteiger partial charge in [-0.1, -0.05) is 23.7 Å². The minimum absolute atomic E-state index is 0.810. The molecule has 1 aliphatic rings. The summed E-state index contributed by atoms with van der Waals surface area (Å²) in [6, 6.07) is 8.24. The molecule has 2 heterocycles. The van der Waals surface area contributed by atoms with E-state index in [1.165, 1.54) is 37.0 Å². The number of H-pyrrole nitrogens is 1. The summed E-state index contributed by atoms with van der Waals surface area (Å²) in [5.41, 5.74) is 2.34. The molecule has 0 amide bonds. The van der Waals surface area contributed by atoms with Gasteiger partial charge < -0.3 is 4.98 Å². The highest BCUT2D eigenvalue weighted by molar-refractivity contribution is 6.35. The number of likely N-dealkylation sites (tertiary alicyclic amines) is 1. The molecule has 3 heteroatoms. The van der Waals surface area contributed by atoms with Crippen LogP contribution in [-0.2, 0) is 6.54 Å². The van der Waals surface area contributed by atoms with Crippen molar-refractivity contribution in [2.24, 2.45) is 0 Å². The van der Waals surface area contributed by atoms with Crippen molar-refractivity contribution in [3.05, 3.63) is 35.0 Å². The maximum atomic E-state index is 6.14. The summed E-state index contributed by atoms with van der Waals surface area (Å²) in [4.78, 5) is 5.90. The van der Waals surface area contributed by atoms with Crippen LogP contribution >= 0.6 is 11.6 Å². The number of rotatable bonds is 2. The van der Waals surface area contributed by atoms with Gasteiger partial charge in [-0.2, -0.15) is 0 Å². The summed E-state index contributed by atoms with van der Waals surface area (Å²) >= 11 is 6.14. The topological polar surface area (TPSA) is 19.0 Å². The largest absolute Gasteiger partial charge is 0.356 e. The summed E-state index contributed by atoms with van der Waals surface area (Å²) in [7, 11) is 0. The average molecular weight is 235 g/mol. The number of nitrogens with one attached hydrogen (secondary N) is 1. The normalized spacial score (nSPS) is 17.3. The third-order valence-electron chi connectivity index (χ3n) is 3.25. The van der Waals surface area contributed by atoms with E-state index in [2.05, 4.69) is 22.0 Å². The summed E-state index contributed by atoms with van der Waals surface area (Å²) in [5, 5.41) is 2.02. The Morgan fingerprint density at radius 1 is 1.25 bits per heavy atom. The molecule has 2 aromatic rings. The second-order valence-corrected chi connectivity index (χ2v) is 4.89. The van der Waals surface area contributed by atoms with Gasteiger partial charge in [0, 0.05) is 17.6 Å². The highest BCUT2D eigenvalue weighted by Crippen LogP contribution is 2.24. The SMILES string of the molecule is Clc1cccc2cc(CN3CCCC3)[nH]c12. The predicted octanol–water partition coefficient (Wildman–Crippen LogP) is 3.42. The van der Waals surface area contributed by atoms with Gasteiger partial charge in [-0.3, -0.25) is 4.90 Å². The third-order valence-corrected chi connectivity index (χ3v) is 3.57. The van der Waals surface area contributed by atoms with Crippen LogP contribution in [-0.4, -0.2) is 23.0 Å². The van der Waals surface area contributed by atoms with Crippen molar-refractivity contribution >= 4 is 22.5 Å². The Hall–Kier alpha value is -0.990. The zero-order valence-corrected chi connectivity index (χ0v) is 9.93. The molecule has 84 valence electrons. The van der Waals surface area contributed by atoms with Crippen molar-refractivity contribution in [1.29, 1.82) is 0 Å². The van der Waals surface area contributed by atoms with Gasteiger partial charge in [-0.25, -0.2) is 0 Å². The summed E-state index contributed by atoms with van der Waals surface area (Å²) in [6.45, 7) is 3.47. The minimum atomic E-state index is 0.810. The molecule has 1 N–H and O–H groups in total. The summed E-state index contributed by atoms with van der Waals surface area (Å²) < 4.78 is 0. The molecule has 0 radical (unpaired) electrons. The third kappa shape index (κ3) is 1.83. The first-order valence-electron chi connectivity index (χ1n) is 5.81. The summed E-state index contributed by atoms with van der Waals surface area (Å²) in [6.07, 6.45) is 2.67. The minimum Gasteiger partial charge on any atom is -0.356 e. The fourth-order valence-corrected chi connectivity index (χ4v) is 2.67. The number of hydrogen-bond acceptors (Lipinski definition) is 1. The standard InChI is InChI=1S/C13H15ClN2/c14-12-5-3-4-10-8-11(15-13(10)12)9-16-6-1-2-7-16/h3-5,8,15H,1-2,6-7,9H2. The number of para-hydroxylation sites is 1. The van der Waals surface area contributed by atoms with Crippen molar-refractivity contribution < 1.29 is 0 Å². The number of nitrogens with zero attached hydrogens (tertiary/aromatic N) is 1. The van der Waals surface area contributed by atoms with Crippen molar-refractivity contribution in [3.63, 3.8) is 0 Å². The highest BCUT2D eigenvalue weighted by Gasteiger charge is 2.13. The second kappa shape index (κ2) is 4.11. The molecule has 0 bridgehead atoms. The fraction of sp³-hybridized carbons (Fsp3) is 0.385. The van der Waals surface area contributed by atoms with E-state index in [-0.39, 0.29) is 0 Å².